The van der Waals surface area contributed by atoms with Crippen LogP contribution in [0.15, 0.2) is 48.5 Å². The number of rotatable bonds is 7. The van der Waals surface area contributed by atoms with E-state index in [0.717, 1.165) is 23.2 Å². The van der Waals surface area contributed by atoms with E-state index < -0.39 is 4.92 Å². The number of fused-ring (bicyclic) bond motifs is 3. The number of morpholine rings is 1. The molecule has 2 aromatic carbocycles. The minimum Gasteiger partial charge on any atom is -0.378 e. The van der Waals surface area contributed by atoms with E-state index in [0.29, 0.717) is 65.4 Å². The second-order valence-electron chi connectivity index (χ2n) is 9.90. The van der Waals surface area contributed by atoms with Crippen LogP contribution in [0.25, 0.3) is 0 Å². The average molecular weight is 508 g/mol. The van der Waals surface area contributed by atoms with Crippen LogP contribution in [0.1, 0.15) is 11.1 Å². The van der Waals surface area contributed by atoms with Crippen molar-refractivity contribution in [3.8, 4) is 0 Å². The van der Waals surface area contributed by atoms with E-state index >= 15 is 0 Å². The standard InChI is InChI=1S/C27H33N5O5/c33-26(30-12-14-37-15-13-30)19-29-10-11-31-24-7-6-22(32(35)36)16-21(24)17-23(25(31)18-29)27(34)28-9-8-20-4-2-1-3-5-20/h1-7,16,23,25H,8-15,17-19H2,(H,28,34). The lowest BCUT2D eigenvalue weighted by Gasteiger charge is -2.49. The average Bonchev–Trinajstić information content (AvgIpc) is 2.93. The smallest absolute Gasteiger partial charge is 0.269 e. The molecule has 0 spiro atoms. The normalized spacial score (nSPS) is 21.6. The van der Waals surface area contributed by atoms with Crippen molar-refractivity contribution in [2.24, 2.45) is 5.92 Å². The summed E-state index contributed by atoms with van der Waals surface area (Å²) in [6.07, 6.45) is 1.16. The van der Waals surface area contributed by atoms with Crippen molar-refractivity contribution < 1.29 is 19.2 Å². The monoisotopic (exact) mass is 507 g/mol. The van der Waals surface area contributed by atoms with Crippen LogP contribution in [0.4, 0.5) is 11.4 Å². The summed E-state index contributed by atoms with van der Waals surface area (Å²) in [6.45, 7) is 5.12. The van der Waals surface area contributed by atoms with Crippen molar-refractivity contribution in [2.45, 2.75) is 18.9 Å². The molecule has 2 atom stereocenters. The Labute approximate surface area is 216 Å². The largest absolute Gasteiger partial charge is 0.378 e. The number of carbonyl (C=O) groups is 2. The number of benzene rings is 2. The Morgan fingerprint density at radius 3 is 2.59 bits per heavy atom. The summed E-state index contributed by atoms with van der Waals surface area (Å²) < 4.78 is 5.37. The zero-order valence-electron chi connectivity index (χ0n) is 20.9. The van der Waals surface area contributed by atoms with Crippen molar-refractivity contribution in [1.29, 1.82) is 0 Å². The highest BCUT2D eigenvalue weighted by molar-refractivity contribution is 5.82. The number of nitro groups is 1. The molecule has 0 radical (unpaired) electrons. The molecule has 0 aromatic heterocycles. The highest BCUT2D eigenvalue weighted by Crippen LogP contribution is 2.38. The Hall–Kier alpha value is -3.50. The molecule has 0 saturated carbocycles. The first-order chi connectivity index (χ1) is 18.0. The van der Waals surface area contributed by atoms with Crippen molar-refractivity contribution in [3.05, 3.63) is 69.8 Å². The number of nitro benzene ring substituents is 1. The molecular weight excluding hydrogens is 474 g/mol. The molecule has 10 nitrogen and oxygen atoms in total. The molecule has 2 saturated heterocycles. The van der Waals surface area contributed by atoms with Crippen LogP contribution in [0.3, 0.4) is 0 Å². The zero-order valence-corrected chi connectivity index (χ0v) is 20.9. The Balaban J connectivity index is 1.31. The Kier molecular flexibility index (Phi) is 7.66. The van der Waals surface area contributed by atoms with E-state index in [4.69, 9.17) is 4.74 Å². The van der Waals surface area contributed by atoms with Gasteiger partial charge in [-0.25, -0.2) is 0 Å². The first-order valence-corrected chi connectivity index (χ1v) is 12.9. The lowest BCUT2D eigenvalue weighted by atomic mass is 9.83. The number of anilines is 1. The van der Waals surface area contributed by atoms with Crippen molar-refractivity contribution in [3.63, 3.8) is 0 Å². The Morgan fingerprint density at radius 1 is 1.05 bits per heavy atom. The lowest BCUT2D eigenvalue weighted by molar-refractivity contribution is -0.384. The van der Waals surface area contributed by atoms with Crippen molar-refractivity contribution in [1.82, 2.24) is 15.1 Å². The predicted octanol–water partition coefficient (Wildman–Crippen LogP) is 1.48. The summed E-state index contributed by atoms with van der Waals surface area (Å²) in [5.74, 6) is -0.330. The van der Waals surface area contributed by atoms with Crippen LogP contribution in [0.2, 0.25) is 0 Å². The zero-order chi connectivity index (χ0) is 25.8. The molecule has 2 unspecified atom stereocenters. The van der Waals surface area contributed by atoms with Crippen molar-refractivity contribution >= 4 is 23.2 Å². The van der Waals surface area contributed by atoms with E-state index in [1.807, 2.05) is 35.2 Å². The SMILES string of the molecule is O=C(NCCc1ccccc1)C1Cc2cc([N+](=O)[O-])ccc2N2CCN(CC(=O)N3CCOCC3)CC12. The molecule has 3 heterocycles. The van der Waals surface area contributed by atoms with Crippen molar-refractivity contribution in [2.75, 3.05) is 63.9 Å². The summed E-state index contributed by atoms with van der Waals surface area (Å²) in [7, 11) is 0. The molecule has 2 fully saturated rings. The third kappa shape index (κ3) is 5.75. The number of carbonyl (C=O) groups excluding carboxylic acids is 2. The summed E-state index contributed by atoms with van der Waals surface area (Å²) in [5.41, 5.74) is 2.96. The molecule has 1 N–H and O–H groups in total. The van der Waals surface area contributed by atoms with E-state index in [9.17, 15) is 19.7 Å². The highest BCUT2D eigenvalue weighted by atomic mass is 16.6. The number of nitrogens with one attached hydrogen (secondary N) is 1. The van der Waals surface area contributed by atoms with Crippen LogP contribution in [0, 0.1) is 16.0 Å². The molecule has 0 bridgehead atoms. The maximum absolute atomic E-state index is 13.5. The molecule has 2 aromatic rings. The topological polar surface area (TPSA) is 108 Å². The fraction of sp³-hybridized carbons (Fsp3) is 0.481. The summed E-state index contributed by atoms with van der Waals surface area (Å²) in [4.78, 5) is 43.6. The second kappa shape index (κ2) is 11.3. The molecule has 3 aliphatic heterocycles. The maximum atomic E-state index is 13.5. The van der Waals surface area contributed by atoms with Gasteiger partial charge >= 0.3 is 0 Å². The summed E-state index contributed by atoms with van der Waals surface area (Å²) in [5, 5.41) is 14.5. The number of hydrogen-bond acceptors (Lipinski definition) is 7. The molecular formula is C27H33N5O5. The number of nitrogens with zero attached hydrogens (tertiary/aromatic N) is 4. The van der Waals surface area contributed by atoms with Crippen LogP contribution >= 0.6 is 0 Å². The van der Waals surface area contributed by atoms with Gasteiger partial charge in [0.2, 0.25) is 11.8 Å². The predicted molar refractivity (Wildman–Crippen MR) is 138 cm³/mol. The van der Waals surface area contributed by atoms with Gasteiger partial charge in [0.05, 0.1) is 36.6 Å². The maximum Gasteiger partial charge on any atom is 0.269 e. The number of amides is 2. The van der Waals surface area contributed by atoms with Crippen LogP contribution in [-0.2, 0) is 27.2 Å². The second-order valence-corrected chi connectivity index (χ2v) is 9.90. The first-order valence-electron chi connectivity index (χ1n) is 12.9. The number of non-ortho nitro benzene ring substituents is 1. The van der Waals surface area contributed by atoms with Crippen LogP contribution in [0.5, 0.6) is 0 Å². The molecule has 0 aliphatic carbocycles. The first kappa shape index (κ1) is 25.2. The van der Waals surface area contributed by atoms with Crippen LogP contribution < -0.4 is 10.2 Å². The lowest BCUT2D eigenvalue weighted by Crippen LogP contribution is -2.62. The van der Waals surface area contributed by atoms with Crippen LogP contribution in [-0.4, -0.2) is 91.6 Å². The number of piperazine rings is 1. The Bertz CT molecular complexity index is 1140. The summed E-state index contributed by atoms with van der Waals surface area (Å²) in [6, 6.07) is 14.8. The van der Waals surface area contributed by atoms with Gasteiger partial charge in [-0.3, -0.25) is 24.6 Å². The fourth-order valence-electron chi connectivity index (χ4n) is 5.64. The van der Waals surface area contributed by atoms with Gasteiger partial charge in [-0.05, 0) is 30.0 Å². The summed E-state index contributed by atoms with van der Waals surface area (Å²) >= 11 is 0. The molecule has 5 rings (SSSR count). The van der Waals surface area contributed by atoms with E-state index in [1.165, 1.54) is 6.07 Å². The van der Waals surface area contributed by atoms with Gasteiger partial charge in [-0.2, -0.15) is 0 Å². The Morgan fingerprint density at radius 2 is 1.84 bits per heavy atom. The molecule has 196 valence electrons. The number of ether oxygens (including phenoxy) is 1. The molecule has 10 heteroatoms. The van der Waals surface area contributed by atoms with Gasteiger partial charge in [0.25, 0.3) is 5.69 Å². The highest BCUT2D eigenvalue weighted by Gasteiger charge is 2.42. The minimum absolute atomic E-state index is 0.0372. The molecule has 37 heavy (non-hydrogen) atoms. The van der Waals surface area contributed by atoms with E-state index in [-0.39, 0.29) is 29.5 Å². The minimum atomic E-state index is -0.392. The van der Waals surface area contributed by atoms with Gasteiger partial charge in [-0.15, -0.1) is 0 Å². The van der Waals surface area contributed by atoms with E-state index in [1.54, 1.807) is 12.1 Å². The van der Waals surface area contributed by atoms with E-state index in [2.05, 4.69) is 15.1 Å². The van der Waals surface area contributed by atoms with Gasteiger partial charge in [0.1, 0.15) is 0 Å². The fourth-order valence-corrected chi connectivity index (χ4v) is 5.64. The third-order valence-corrected chi connectivity index (χ3v) is 7.61. The quantitative estimate of drug-likeness (QED) is 0.447. The van der Waals surface area contributed by atoms with Gasteiger partial charge in [0.15, 0.2) is 0 Å². The third-order valence-electron chi connectivity index (χ3n) is 7.61. The van der Waals surface area contributed by atoms with Gasteiger partial charge in [-0.1, -0.05) is 30.3 Å². The van der Waals surface area contributed by atoms with Gasteiger partial charge < -0.3 is 19.9 Å². The molecule has 3 aliphatic rings. The number of hydrogen-bond donors (Lipinski definition) is 1. The molecule has 2 amide bonds. The van der Waals surface area contributed by atoms with Gasteiger partial charge in [0, 0.05) is 57.1 Å².